The summed E-state index contributed by atoms with van der Waals surface area (Å²) in [6.07, 6.45) is 0.199. The van der Waals surface area contributed by atoms with Crippen LogP contribution in [0.4, 0.5) is 5.69 Å². The quantitative estimate of drug-likeness (QED) is 0.880. The summed E-state index contributed by atoms with van der Waals surface area (Å²) in [6.45, 7) is 0.365. The van der Waals surface area contributed by atoms with Crippen molar-refractivity contribution in [3.05, 3.63) is 23.7 Å². The van der Waals surface area contributed by atoms with Crippen LogP contribution in [0.2, 0.25) is 0 Å². The topological polar surface area (TPSA) is 76.3 Å². The number of hydrogen-bond acceptors (Lipinski definition) is 4. The Morgan fingerprint density at radius 3 is 3.06 bits per heavy atom. The van der Waals surface area contributed by atoms with Crippen molar-refractivity contribution >= 4 is 39.1 Å². The number of carbonyl (C=O) groups is 2. The fraction of sp³-hybridized carbons (Fsp3) is 0.250. The predicted molar refractivity (Wildman–Crippen MR) is 69.3 cm³/mol. The Bertz CT molecular complexity index is 637. The average molecular weight is 261 g/mol. The number of benzene rings is 1. The largest absolute Gasteiger partial charge is 0.369 e. The lowest BCUT2D eigenvalue weighted by molar-refractivity contribution is -0.123. The number of nitrogens with zero attached hydrogens (tertiary/aromatic N) is 2. The third-order valence-corrected chi connectivity index (χ3v) is 3.96. The van der Waals surface area contributed by atoms with Crippen LogP contribution in [0.25, 0.3) is 10.2 Å². The Hall–Kier alpha value is -1.95. The Balaban J connectivity index is 1.94. The molecule has 1 atom stereocenters. The highest BCUT2D eigenvalue weighted by Crippen LogP contribution is 2.28. The number of rotatable bonds is 2. The van der Waals surface area contributed by atoms with E-state index in [1.807, 2.05) is 18.2 Å². The molecule has 1 fully saturated rings. The number of nitrogens with two attached hydrogens (primary N) is 1. The van der Waals surface area contributed by atoms with Crippen LogP contribution >= 0.6 is 11.3 Å². The molecule has 2 amide bonds. The van der Waals surface area contributed by atoms with Gasteiger partial charge in [0.2, 0.25) is 11.8 Å². The maximum atomic E-state index is 11.9. The highest BCUT2D eigenvalue weighted by atomic mass is 32.1. The summed E-state index contributed by atoms with van der Waals surface area (Å²) in [7, 11) is 0. The molecule has 3 rings (SSSR count). The molecule has 1 aliphatic heterocycles. The van der Waals surface area contributed by atoms with Gasteiger partial charge < -0.3 is 10.6 Å². The zero-order valence-corrected chi connectivity index (χ0v) is 10.3. The molecule has 0 radical (unpaired) electrons. The van der Waals surface area contributed by atoms with E-state index in [-0.39, 0.29) is 18.2 Å². The van der Waals surface area contributed by atoms with Crippen LogP contribution in [0.15, 0.2) is 23.7 Å². The minimum absolute atomic E-state index is 0.0617. The second-order valence-corrected chi connectivity index (χ2v) is 5.20. The number of anilines is 1. The van der Waals surface area contributed by atoms with Crippen LogP contribution in [0.5, 0.6) is 0 Å². The van der Waals surface area contributed by atoms with Gasteiger partial charge in [0.25, 0.3) is 0 Å². The highest BCUT2D eigenvalue weighted by molar-refractivity contribution is 7.16. The maximum Gasteiger partial charge on any atom is 0.227 e. The van der Waals surface area contributed by atoms with E-state index in [1.54, 1.807) is 21.7 Å². The van der Waals surface area contributed by atoms with E-state index < -0.39 is 5.91 Å². The first-order chi connectivity index (χ1) is 8.65. The summed E-state index contributed by atoms with van der Waals surface area (Å²) in [5.41, 5.74) is 8.66. The van der Waals surface area contributed by atoms with Gasteiger partial charge in [-0.05, 0) is 18.2 Å². The second-order valence-electron chi connectivity index (χ2n) is 4.31. The third-order valence-electron chi connectivity index (χ3n) is 3.15. The summed E-state index contributed by atoms with van der Waals surface area (Å²) in [5.74, 6) is -0.863. The van der Waals surface area contributed by atoms with Crippen molar-refractivity contribution in [1.82, 2.24) is 4.98 Å². The lowest BCUT2D eigenvalue weighted by Gasteiger charge is -2.16. The Morgan fingerprint density at radius 2 is 2.33 bits per heavy atom. The van der Waals surface area contributed by atoms with Crippen molar-refractivity contribution in [1.29, 1.82) is 0 Å². The van der Waals surface area contributed by atoms with Crippen LogP contribution in [-0.4, -0.2) is 23.3 Å². The minimum Gasteiger partial charge on any atom is -0.369 e. The summed E-state index contributed by atoms with van der Waals surface area (Å²) in [5, 5.41) is 0. The molecular formula is C12H11N3O2S. The zero-order valence-electron chi connectivity index (χ0n) is 9.50. The molecule has 5 nitrogen and oxygen atoms in total. The molecule has 18 heavy (non-hydrogen) atoms. The number of aromatic nitrogens is 1. The molecule has 1 aromatic carbocycles. The van der Waals surface area contributed by atoms with Gasteiger partial charge in [-0.25, -0.2) is 4.98 Å². The Morgan fingerprint density at radius 1 is 1.50 bits per heavy atom. The monoisotopic (exact) mass is 261 g/mol. The van der Waals surface area contributed by atoms with E-state index >= 15 is 0 Å². The molecule has 0 aliphatic carbocycles. The van der Waals surface area contributed by atoms with Gasteiger partial charge in [0.05, 0.1) is 21.6 Å². The van der Waals surface area contributed by atoms with Gasteiger partial charge in [0, 0.05) is 18.7 Å². The zero-order chi connectivity index (χ0) is 12.7. The van der Waals surface area contributed by atoms with Gasteiger partial charge in [-0.3, -0.25) is 9.59 Å². The second kappa shape index (κ2) is 4.06. The first-order valence-electron chi connectivity index (χ1n) is 5.58. The van der Waals surface area contributed by atoms with Crippen molar-refractivity contribution < 1.29 is 9.59 Å². The molecule has 1 saturated heterocycles. The molecule has 2 N–H and O–H groups in total. The third kappa shape index (κ3) is 1.74. The lowest BCUT2D eigenvalue weighted by Crippen LogP contribution is -2.28. The van der Waals surface area contributed by atoms with E-state index in [0.29, 0.717) is 6.54 Å². The number of carbonyl (C=O) groups excluding carboxylic acids is 2. The van der Waals surface area contributed by atoms with E-state index in [4.69, 9.17) is 5.73 Å². The first kappa shape index (κ1) is 11.2. The van der Waals surface area contributed by atoms with Gasteiger partial charge in [-0.15, -0.1) is 11.3 Å². The molecule has 2 heterocycles. The molecule has 0 bridgehead atoms. The van der Waals surface area contributed by atoms with Crippen LogP contribution in [-0.2, 0) is 9.59 Å². The normalized spacial score (nSPS) is 19.7. The van der Waals surface area contributed by atoms with E-state index in [2.05, 4.69) is 4.98 Å². The SMILES string of the molecule is NC(=O)C1CC(=O)N(c2ccc3scnc3c2)C1. The molecule has 2 aromatic rings. The van der Waals surface area contributed by atoms with Crippen molar-refractivity contribution in [3.8, 4) is 0 Å². The van der Waals surface area contributed by atoms with Crippen LogP contribution in [0.3, 0.4) is 0 Å². The van der Waals surface area contributed by atoms with Crippen LogP contribution in [0.1, 0.15) is 6.42 Å². The molecule has 6 heteroatoms. The fourth-order valence-electron chi connectivity index (χ4n) is 2.16. The van der Waals surface area contributed by atoms with Crippen molar-refractivity contribution in [2.24, 2.45) is 11.7 Å². The van der Waals surface area contributed by atoms with Crippen molar-refractivity contribution in [3.63, 3.8) is 0 Å². The molecule has 1 aromatic heterocycles. The number of amides is 2. The summed E-state index contributed by atoms with van der Waals surface area (Å²) < 4.78 is 1.08. The average Bonchev–Trinajstić information content (AvgIpc) is 2.93. The van der Waals surface area contributed by atoms with Gasteiger partial charge >= 0.3 is 0 Å². The van der Waals surface area contributed by atoms with E-state index in [9.17, 15) is 9.59 Å². The standard InChI is InChI=1S/C12H11N3O2S/c13-12(17)7-3-11(16)15(5-7)8-1-2-10-9(4-8)14-6-18-10/h1-2,4,6-7H,3,5H2,(H2,13,17). The first-order valence-corrected chi connectivity index (χ1v) is 6.46. The van der Waals surface area contributed by atoms with Crippen LogP contribution < -0.4 is 10.6 Å². The fourth-order valence-corrected chi connectivity index (χ4v) is 2.82. The van der Waals surface area contributed by atoms with Gasteiger partial charge in [-0.1, -0.05) is 0 Å². The van der Waals surface area contributed by atoms with Crippen molar-refractivity contribution in [2.45, 2.75) is 6.42 Å². The smallest absolute Gasteiger partial charge is 0.227 e. The summed E-state index contributed by atoms with van der Waals surface area (Å²) in [4.78, 5) is 28.8. The number of hydrogen-bond donors (Lipinski definition) is 1. The number of thiazole rings is 1. The summed E-state index contributed by atoms with van der Waals surface area (Å²) in [6, 6.07) is 5.68. The predicted octanol–water partition coefficient (Wildman–Crippen LogP) is 1.13. The van der Waals surface area contributed by atoms with Gasteiger partial charge in [0.1, 0.15) is 0 Å². The molecular weight excluding hydrogens is 250 g/mol. The Labute approximate surface area is 107 Å². The minimum atomic E-state index is -0.416. The molecule has 0 spiro atoms. The number of primary amides is 1. The van der Waals surface area contributed by atoms with Crippen LogP contribution in [0, 0.1) is 5.92 Å². The highest BCUT2D eigenvalue weighted by Gasteiger charge is 2.33. The lowest BCUT2D eigenvalue weighted by atomic mass is 10.1. The van der Waals surface area contributed by atoms with Gasteiger partial charge in [-0.2, -0.15) is 0 Å². The van der Waals surface area contributed by atoms with Crippen molar-refractivity contribution in [2.75, 3.05) is 11.4 Å². The Kier molecular flexibility index (Phi) is 2.52. The number of fused-ring (bicyclic) bond motifs is 1. The van der Waals surface area contributed by atoms with Gasteiger partial charge in [0.15, 0.2) is 0 Å². The molecule has 0 saturated carbocycles. The van der Waals surface area contributed by atoms with E-state index in [0.717, 1.165) is 15.9 Å². The molecule has 1 aliphatic rings. The summed E-state index contributed by atoms with van der Waals surface area (Å²) >= 11 is 1.56. The molecule has 1 unspecified atom stereocenters. The molecule has 92 valence electrons. The maximum absolute atomic E-state index is 11.9. The van der Waals surface area contributed by atoms with E-state index in [1.165, 1.54) is 0 Å².